The zero-order valence-electron chi connectivity index (χ0n) is 42.4. The van der Waals surface area contributed by atoms with Gasteiger partial charge in [0.15, 0.2) is 0 Å². The zero-order valence-corrected chi connectivity index (χ0v) is 42.4. The van der Waals surface area contributed by atoms with Gasteiger partial charge in [-0.25, -0.2) is 0 Å². The molecule has 0 atom stereocenters. The summed E-state index contributed by atoms with van der Waals surface area (Å²) in [6.07, 6.45) is 9.22. The Bertz CT molecular complexity index is 2430. The van der Waals surface area contributed by atoms with Crippen LogP contribution in [0.25, 0.3) is 22.3 Å². The number of pyridine rings is 3. The molecule has 0 saturated carbocycles. The predicted molar refractivity (Wildman–Crippen MR) is 279 cm³/mol. The van der Waals surface area contributed by atoms with Gasteiger partial charge in [0.25, 0.3) is 0 Å². The van der Waals surface area contributed by atoms with Gasteiger partial charge in [-0.1, -0.05) is 189 Å². The molecular formula is C61H73N5. The summed E-state index contributed by atoms with van der Waals surface area (Å²) in [7, 11) is 0. The molecule has 3 heterocycles. The molecule has 66 heavy (non-hydrogen) atoms. The molecule has 3 aromatic heterocycles. The second-order valence-corrected chi connectivity index (χ2v) is 21.5. The number of hydrogen-bond donors (Lipinski definition) is 0. The van der Waals surface area contributed by atoms with Gasteiger partial charge in [0.05, 0.1) is 23.3 Å². The summed E-state index contributed by atoms with van der Waals surface area (Å²) in [5.41, 5.74) is 13.5. The van der Waals surface area contributed by atoms with Gasteiger partial charge >= 0.3 is 0 Å². The molecule has 342 valence electrons. The van der Waals surface area contributed by atoms with Gasteiger partial charge < -0.3 is 0 Å². The van der Waals surface area contributed by atoms with Gasteiger partial charge in [0.2, 0.25) is 0 Å². The van der Waals surface area contributed by atoms with Gasteiger partial charge in [0.1, 0.15) is 0 Å². The molecular weight excluding hydrogens is 803 g/mol. The van der Waals surface area contributed by atoms with Crippen molar-refractivity contribution in [2.45, 2.75) is 131 Å². The second-order valence-electron chi connectivity index (χ2n) is 21.5. The summed E-state index contributed by atoms with van der Waals surface area (Å²) in [5.74, 6) is 0. The van der Waals surface area contributed by atoms with Crippen LogP contribution < -0.4 is 0 Å². The Kier molecular flexibility index (Phi) is 19.5. The van der Waals surface area contributed by atoms with E-state index in [0.717, 1.165) is 16.8 Å². The molecule has 0 spiro atoms. The van der Waals surface area contributed by atoms with Crippen LogP contribution in [0.1, 0.15) is 143 Å². The van der Waals surface area contributed by atoms with Crippen molar-refractivity contribution in [2.24, 2.45) is 0 Å². The van der Waals surface area contributed by atoms with Crippen LogP contribution in [0.3, 0.4) is 0 Å². The third kappa shape index (κ3) is 18.4. The number of nitrogens with zero attached hydrogens (tertiary/aromatic N) is 5. The molecule has 5 nitrogen and oxygen atoms in total. The molecule has 5 heteroatoms. The highest BCUT2D eigenvalue weighted by atomic mass is 14.7. The van der Waals surface area contributed by atoms with Crippen molar-refractivity contribution < 1.29 is 0 Å². The lowest BCUT2D eigenvalue weighted by Crippen LogP contribution is -2.12. The van der Waals surface area contributed by atoms with E-state index in [9.17, 15) is 0 Å². The molecule has 0 aliphatic heterocycles. The van der Waals surface area contributed by atoms with Crippen molar-refractivity contribution in [1.82, 2.24) is 15.0 Å². The molecule has 0 bridgehead atoms. The molecule has 0 amide bonds. The van der Waals surface area contributed by atoms with E-state index in [1.54, 1.807) is 6.20 Å². The highest BCUT2D eigenvalue weighted by Crippen LogP contribution is 2.29. The lowest BCUT2D eigenvalue weighted by atomic mass is 9.85. The van der Waals surface area contributed by atoms with Crippen LogP contribution in [-0.2, 0) is 27.1 Å². The molecule has 0 aliphatic carbocycles. The maximum atomic E-state index is 8.80. The molecule has 7 aromatic rings. The first-order chi connectivity index (χ1) is 30.8. The van der Waals surface area contributed by atoms with Crippen LogP contribution in [0.2, 0.25) is 0 Å². The van der Waals surface area contributed by atoms with Gasteiger partial charge in [-0.15, -0.1) is 0 Å². The molecule has 0 aliphatic rings. The van der Waals surface area contributed by atoms with Crippen LogP contribution in [-0.4, -0.2) is 15.0 Å². The fraction of sp³-hybridized carbons (Fsp3) is 0.328. The minimum Gasteiger partial charge on any atom is -0.265 e. The Labute approximate surface area is 398 Å². The summed E-state index contributed by atoms with van der Waals surface area (Å²) < 4.78 is 0. The number of aromatic nitrogens is 3. The lowest BCUT2D eigenvalue weighted by molar-refractivity contribution is 0.569. The third-order valence-electron chi connectivity index (χ3n) is 10.7. The molecule has 0 unspecified atom stereocenters. The van der Waals surface area contributed by atoms with E-state index in [2.05, 4.69) is 204 Å². The first kappa shape index (κ1) is 53.6. The predicted octanol–water partition coefficient (Wildman–Crippen LogP) is 16.2. The first-order valence-corrected chi connectivity index (χ1v) is 22.8. The number of rotatable bonds is 2. The van der Waals surface area contributed by atoms with Crippen molar-refractivity contribution >= 4 is 0 Å². The Hall–Kier alpha value is -6.69. The Morgan fingerprint density at radius 3 is 1.12 bits per heavy atom. The average molecular weight is 876 g/mol. The fourth-order valence-corrected chi connectivity index (χ4v) is 6.27. The van der Waals surface area contributed by atoms with Crippen LogP contribution in [0.15, 0.2) is 171 Å². The van der Waals surface area contributed by atoms with Gasteiger partial charge in [-0.05, 0) is 121 Å². The maximum Gasteiger partial charge on any atom is 0.0991 e. The summed E-state index contributed by atoms with van der Waals surface area (Å²) in [6.45, 7) is 32.9. The van der Waals surface area contributed by atoms with E-state index in [1.165, 1.54) is 33.4 Å². The normalized spacial score (nSPS) is 11.2. The lowest BCUT2D eigenvalue weighted by Gasteiger charge is -2.19. The fourth-order valence-electron chi connectivity index (χ4n) is 6.27. The zero-order chi connectivity index (χ0) is 49.2. The summed E-state index contributed by atoms with van der Waals surface area (Å²) in [4.78, 5) is 12.3. The SMILES string of the molecule is CC(C)(C)c1ccc(-c2ccc(C#N)cc2)cc1.CC(C)(C)c1cccc(-c2ccc(C#N)cc2)c1.CC(C)(C)c1ccccn1.CC(C)(C)c1cccnc1.CC(C)(C)c1ccncc1. The molecule has 0 radical (unpaired) electrons. The number of nitriles is 2. The summed E-state index contributed by atoms with van der Waals surface area (Å²) >= 11 is 0. The Balaban J connectivity index is 0.000000226. The van der Waals surface area contributed by atoms with Crippen LogP contribution >= 0.6 is 0 Å². The number of benzene rings is 4. The van der Waals surface area contributed by atoms with E-state index in [-0.39, 0.29) is 27.1 Å². The van der Waals surface area contributed by atoms with Crippen LogP contribution in [0.5, 0.6) is 0 Å². The molecule has 0 N–H and O–H groups in total. The van der Waals surface area contributed by atoms with E-state index in [4.69, 9.17) is 10.5 Å². The standard InChI is InChI=1S/2C17H17N.3C9H13N/c1-17(2,3)16-10-8-15(9-11-16)14-6-4-13(12-18)5-7-14;1-17(2,3)16-6-4-5-15(11-16)14-9-7-13(12-18)8-10-14;1-9(2,3)8-4-6-10-7-5-8;1-9(2,3)8-5-4-6-10-7-8;1-9(2,3)8-6-4-5-7-10-8/h2*4-11H,1-3H3;3*4-7H,1-3H3. The molecule has 7 rings (SSSR count). The highest BCUT2D eigenvalue weighted by Gasteiger charge is 2.16. The Morgan fingerprint density at radius 1 is 0.333 bits per heavy atom. The minimum absolute atomic E-state index is 0.155. The summed E-state index contributed by atoms with van der Waals surface area (Å²) in [6, 6.07) is 51.1. The monoisotopic (exact) mass is 876 g/mol. The van der Waals surface area contributed by atoms with Crippen LogP contribution in [0, 0.1) is 22.7 Å². The second kappa shape index (κ2) is 24.0. The maximum absolute atomic E-state index is 8.80. The largest absolute Gasteiger partial charge is 0.265 e. The van der Waals surface area contributed by atoms with E-state index in [0.29, 0.717) is 11.1 Å². The van der Waals surface area contributed by atoms with Crippen molar-refractivity contribution in [3.63, 3.8) is 0 Å². The van der Waals surface area contributed by atoms with Crippen molar-refractivity contribution in [3.05, 3.63) is 210 Å². The molecule has 4 aromatic carbocycles. The molecule has 0 saturated heterocycles. The van der Waals surface area contributed by atoms with Crippen molar-refractivity contribution in [3.8, 4) is 34.4 Å². The summed E-state index contributed by atoms with van der Waals surface area (Å²) in [5, 5.41) is 17.6. The number of hydrogen-bond acceptors (Lipinski definition) is 5. The van der Waals surface area contributed by atoms with E-state index in [1.807, 2.05) is 91.5 Å². The van der Waals surface area contributed by atoms with Crippen molar-refractivity contribution in [2.75, 3.05) is 0 Å². The average Bonchev–Trinajstić information content (AvgIpc) is 3.29. The van der Waals surface area contributed by atoms with E-state index >= 15 is 0 Å². The van der Waals surface area contributed by atoms with E-state index < -0.39 is 0 Å². The first-order valence-electron chi connectivity index (χ1n) is 22.8. The van der Waals surface area contributed by atoms with Crippen LogP contribution in [0.4, 0.5) is 0 Å². The quantitative estimate of drug-likeness (QED) is 0.173. The molecule has 0 fully saturated rings. The smallest absolute Gasteiger partial charge is 0.0991 e. The van der Waals surface area contributed by atoms with Gasteiger partial charge in [0, 0.05) is 42.1 Å². The topological polar surface area (TPSA) is 86.2 Å². The third-order valence-corrected chi connectivity index (χ3v) is 10.7. The minimum atomic E-state index is 0.155. The van der Waals surface area contributed by atoms with Crippen molar-refractivity contribution in [1.29, 1.82) is 10.5 Å². The van der Waals surface area contributed by atoms with Gasteiger partial charge in [-0.2, -0.15) is 10.5 Å². The van der Waals surface area contributed by atoms with Gasteiger partial charge in [-0.3, -0.25) is 15.0 Å². The highest BCUT2D eigenvalue weighted by molar-refractivity contribution is 5.66. The Morgan fingerprint density at radius 2 is 0.773 bits per heavy atom.